The van der Waals surface area contributed by atoms with Crippen LogP contribution >= 0.6 is 28.1 Å². The lowest BCUT2D eigenvalue weighted by molar-refractivity contribution is 0.0949. The summed E-state index contributed by atoms with van der Waals surface area (Å²) < 4.78 is 6.31. The molecule has 0 unspecified atom stereocenters. The molecule has 33 heavy (non-hydrogen) atoms. The lowest BCUT2D eigenvalue weighted by Crippen LogP contribution is -2.41. The molecule has 0 bridgehead atoms. The third kappa shape index (κ3) is 6.40. The largest absolute Gasteiger partial charge is 0.493 e. The number of nitrogens with zero attached hydrogens (tertiary/aromatic N) is 1. The van der Waals surface area contributed by atoms with E-state index in [9.17, 15) is 9.59 Å². The van der Waals surface area contributed by atoms with Gasteiger partial charge in [-0.05, 0) is 55.0 Å². The van der Waals surface area contributed by atoms with Crippen LogP contribution in [-0.4, -0.2) is 30.6 Å². The van der Waals surface area contributed by atoms with Crippen LogP contribution in [0.2, 0.25) is 0 Å². The monoisotopic (exact) mass is 525 g/mol. The minimum absolute atomic E-state index is 0.158. The van der Waals surface area contributed by atoms with Gasteiger partial charge in [0.25, 0.3) is 11.8 Å². The minimum Gasteiger partial charge on any atom is -0.493 e. The number of ether oxygens (including phenoxy) is 1. The summed E-state index contributed by atoms with van der Waals surface area (Å²) in [6.07, 6.45) is 0. The van der Waals surface area contributed by atoms with Gasteiger partial charge in [0.15, 0.2) is 5.11 Å². The van der Waals surface area contributed by atoms with Crippen molar-refractivity contribution >= 4 is 50.8 Å². The first-order valence-electron chi connectivity index (χ1n) is 10.3. The summed E-state index contributed by atoms with van der Waals surface area (Å²) in [5.74, 6) is -0.173. The van der Waals surface area contributed by atoms with E-state index in [0.29, 0.717) is 35.7 Å². The standard InChI is InChI=1S/C25H24BrN3O3S/c1-3-32-22-14-13-18(26)15-20(22)24(31)28-25(33)29(2)21-12-8-7-11-19(21)23(30)27-16-17-9-5-4-6-10-17/h4-15H,3,16H2,1-2H3,(H,27,30)(H,28,31,33). The minimum atomic E-state index is -0.400. The van der Waals surface area contributed by atoms with Crippen molar-refractivity contribution in [1.82, 2.24) is 10.6 Å². The van der Waals surface area contributed by atoms with Crippen molar-refractivity contribution in [2.24, 2.45) is 0 Å². The Balaban J connectivity index is 1.74. The Kier molecular flexibility index (Phi) is 8.57. The van der Waals surface area contributed by atoms with Gasteiger partial charge in [-0.1, -0.05) is 58.4 Å². The van der Waals surface area contributed by atoms with Crippen molar-refractivity contribution < 1.29 is 14.3 Å². The van der Waals surface area contributed by atoms with Gasteiger partial charge in [0.05, 0.1) is 23.4 Å². The van der Waals surface area contributed by atoms with Gasteiger partial charge in [-0.3, -0.25) is 14.9 Å². The number of halogens is 1. The Bertz CT molecular complexity index is 1150. The van der Waals surface area contributed by atoms with Gasteiger partial charge < -0.3 is 15.0 Å². The molecule has 0 spiro atoms. The van der Waals surface area contributed by atoms with Crippen LogP contribution < -0.4 is 20.3 Å². The van der Waals surface area contributed by atoms with Crippen LogP contribution in [-0.2, 0) is 6.54 Å². The third-order valence-electron chi connectivity index (χ3n) is 4.82. The van der Waals surface area contributed by atoms with Crippen LogP contribution in [0.3, 0.4) is 0 Å². The van der Waals surface area contributed by atoms with Gasteiger partial charge in [0, 0.05) is 18.1 Å². The molecule has 0 saturated carbocycles. The van der Waals surface area contributed by atoms with Crippen molar-refractivity contribution in [2.45, 2.75) is 13.5 Å². The van der Waals surface area contributed by atoms with Crippen molar-refractivity contribution in [3.8, 4) is 5.75 Å². The molecule has 8 heteroatoms. The summed E-state index contributed by atoms with van der Waals surface area (Å²) in [6, 6.07) is 22.0. The zero-order valence-corrected chi connectivity index (χ0v) is 20.7. The van der Waals surface area contributed by atoms with Gasteiger partial charge in [-0.2, -0.15) is 0 Å². The van der Waals surface area contributed by atoms with E-state index < -0.39 is 5.91 Å². The quantitative estimate of drug-likeness (QED) is 0.428. The van der Waals surface area contributed by atoms with Crippen LogP contribution in [0.15, 0.2) is 77.3 Å². The predicted molar refractivity (Wildman–Crippen MR) is 138 cm³/mol. The number of carbonyl (C=O) groups is 2. The van der Waals surface area contributed by atoms with Crippen LogP contribution in [0, 0.1) is 0 Å². The Labute approximate surface area is 207 Å². The SMILES string of the molecule is CCOc1ccc(Br)cc1C(=O)NC(=S)N(C)c1ccccc1C(=O)NCc1ccccc1. The number of benzene rings is 3. The van der Waals surface area contributed by atoms with Crippen molar-refractivity contribution in [2.75, 3.05) is 18.6 Å². The highest BCUT2D eigenvalue weighted by atomic mass is 79.9. The lowest BCUT2D eigenvalue weighted by atomic mass is 10.1. The van der Waals surface area contributed by atoms with Crippen molar-refractivity contribution in [3.05, 3.63) is 94.0 Å². The van der Waals surface area contributed by atoms with Crippen LogP contribution in [0.1, 0.15) is 33.2 Å². The first-order chi connectivity index (χ1) is 15.9. The molecule has 3 rings (SSSR count). The van der Waals surface area contributed by atoms with Crippen LogP contribution in [0.5, 0.6) is 5.75 Å². The predicted octanol–water partition coefficient (Wildman–Crippen LogP) is 4.93. The molecule has 0 aliphatic carbocycles. The van der Waals surface area contributed by atoms with Crippen LogP contribution in [0.4, 0.5) is 5.69 Å². The van der Waals surface area contributed by atoms with E-state index in [4.69, 9.17) is 17.0 Å². The molecule has 0 radical (unpaired) electrons. The highest BCUT2D eigenvalue weighted by Gasteiger charge is 2.20. The summed E-state index contributed by atoms with van der Waals surface area (Å²) >= 11 is 8.85. The van der Waals surface area contributed by atoms with E-state index in [1.165, 1.54) is 0 Å². The van der Waals surface area contributed by atoms with Crippen LogP contribution in [0.25, 0.3) is 0 Å². The normalized spacial score (nSPS) is 10.3. The summed E-state index contributed by atoms with van der Waals surface area (Å²) in [4.78, 5) is 27.4. The van der Waals surface area contributed by atoms with Gasteiger partial charge in [0.1, 0.15) is 5.75 Å². The third-order valence-corrected chi connectivity index (χ3v) is 5.69. The molecule has 0 heterocycles. The summed E-state index contributed by atoms with van der Waals surface area (Å²) in [6.45, 7) is 2.68. The van der Waals surface area contributed by atoms with E-state index in [-0.39, 0.29) is 11.0 Å². The Morgan fingerprint density at radius 1 is 0.970 bits per heavy atom. The van der Waals surface area contributed by atoms with Crippen molar-refractivity contribution in [3.63, 3.8) is 0 Å². The fourth-order valence-corrected chi connectivity index (χ4v) is 3.70. The van der Waals surface area contributed by atoms with E-state index in [2.05, 4.69) is 26.6 Å². The molecule has 2 N–H and O–H groups in total. The molecule has 6 nitrogen and oxygen atoms in total. The Morgan fingerprint density at radius 2 is 1.67 bits per heavy atom. The van der Waals surface area contributed by atoms with Gasteiger partial charge >= 0.3 is 0 Å². The number of hydrogen-bond acceptors (Lipinski definition) is 4. The van der Waals surface area contributed by atoms with Gasteiger partial charge in [0.2, 0.25) is 0 Å². The first kappa shape index (κ1) is 24.4. The topological polar surface area (TPSA) is 70.7 Å². The maximum atomic E-state index is 12.9. The molecular weight excluding hydrogens is 502 g/mol. The Morgan fingerprint density at radius 3 is 2.39 bits per heavy atom. The molecule has 3 aromatic carbocycles. The van der Waals surface area contributed by atoms with E-state index in [1.54, 1.807) is 48.3 Å². The second kappa shape index (κ2) is 11.6. The number of hydrogen-bond donors (Lipinski definition) is 2. The zero-order valence-electron chi connectivity index (χ0n) is 18.3. The molecule has 3 aromatic rings. The molecule has 2 amide bonds. The van der Waals surface area contributed by atoms with E-state index >= 15 is 0 Å². The number of nitrogens with one attached hydrogen (secondary N) is 2. The van der Waals surface area contributed by atoms with E-state index in [0.717, 1.165) is 10.0 Å². The van der Waals surface area contributed by atoms with Gasteiger partial charge in [-0.25, -0.2) is 0 Å². The molecule has 0 fully saturated rings. The maximum Gasteiger partial charge on any atom is 0.261 e. The summed E-state index contributed by atoms with van der Waals surface area (Å²) in [7, 11) is 1.70. The number of amides is 2. The average molecular weight is 526 g/mol. The summed E-state index contributed by atoms with van der Waals surface area (Å²) in [5.41, 5.74) is 2.38. The lowest BCUT2D eigenvalue weighted by Gasteiger charge is -2.23. The highest BCUT2D eigenvalue weighted by molar-refractivity contribution is 9.10. The number of rotatable bonds is 7. The van der Waals surface area contributed by atoms with Gasteiger partial charge in [-0.15, -0.1) is 0 Å². The van der Waals surface area contributed by atoms with Crippen molar-refractivity contribution in [1.29, 1.82) is 0 Å². The zero-order chi connectivity index (χ0) is 23.8. The first-order valence-corrected chi connectivity index (χ1v) is 11.5. The fraction of sp³-hybridized carbons (Fsp3) is 0.160. The molecule has 170 valence electrons. The molecule has 0 aromatic heterocycles. The number of carbonyl (C=O) groups excluding carboxylic acids is 2. The fourth-order valence-electron chi connectivity index (χ4n) is 3.15. The highest BCUT2D eigenvalue weighted by Crippen LogP contribution is 2.24. The molecule has 0 aliphatic rings. The second-order valence-electron chi connectivity index (χ2n) is 7.08. The smallest absolute Gasteiger partial charge is 0.261 e. The molecule has 0 atom stereocenters. The van der Waals surface area contributed by atoms with E-state index in [1.807, 2.05) is 43.3 Å². The number of thiocarbonyl (C=S) groups is 1. The maximum absolute atomic E-state index is 12.9. The number of anilines is 1. The molecule has 0 aliphatic heterocycles. The second-order valence-corrected chi connectivity index (χ2v) is 8.38. The number of para-hydroxylation sites is 1. The molecule has 0 saturated heterocycles. The average Bonchev–Trinajstić information content (AvgIpc) is 2.83. The molecular formula is C25H24BrN3O3S. The summed E-state index contributed by atoms with van der Waals surface area (Å²) in [5, 5.41) is 5.81. The Hall–Kier alpha value is -3.23.